The number of nitrogens with one attached hydrogen (secondary N) is 2. The van der Waals surface area contributed by atoms with Crippen LogP contribution in [-0.2, 0) is 6.54 Å². The number of aromatic nitrogens is 4. The molecule has 0 spiro atoms. The second-order valence-electron chi connectivity index (χ2n) is 6.86. The van der Waals surface area contributed by atoms with Gasteiger partial charge in [-0.25, -0.2) is 9.48 Å². The summed E-state index contributed by atoms with van der Waals surface area (Å²) >= 11 is 6.15. The molecule has 0 aliphatic rings. The number of hydrogen-bond donors (Lipinski definition) is 2. The number of H-pyrrole nitrogens is 1. The van der Waals surface area contributed by atoms with E-state index in [-0.39, 0.29) is 12.1 Å². The van der Waals surface area contributed by atoms with E-state index < -0.39 is 17.2 Å². The molecule has 8 nitrogen and oxygen atoms in total. The van der Waals surface area contributed by atoms with Gasteiger partial charge in [-0.1, -0.05) is 48.0 Å². The predicted molar refractivity (Wildman–Crippen MR) is 118 cm³/mol. The molecule has 9 heteroatoms. The monoisotopic (exact) mass is 435 g/mol. The van der Waals surface area contributed by atoms with Crippen LogP contribution in [-0.4, -0.2) is 25.2 Å². The molecule has 0 unspecified atom stereocenters. The molecule has 0 fully saturated rings. The Balaban J connectivity index is 1.67. The van der Waals surface area contributed by atoms with Gasteiger partial charge in [-0.15, -0.1) is 0 Å². The Morgan fingerprint density at radius 2 is 1.81 bits per heavy atom. The zero-order chi connectivity index (χ0) is 22.0. The molecule has 0 saturated heterocycles. The minimum atomic E-state index is -0.719. The van der Waals surface area contributed by atoms with E-state index in [0.29, 0.717) is 22.1 Å². The third-order valence-corrected chi connectivity index (χ3v) is 5.03. The van der Waals surface area contributed by atoms with Crippen LogP contribution in [0.25, 0.3) is 5.69 Å². The van der Waals surface area contributed by atoms with Crippen LogP contribution in [0.2, 0.25) is 5.02 Å². The van der Waals surface area contributed by atoms with Gasteiger partial charge in [0.1, 0.15) is 11.4 Å². The molecule has 0 atom stereocenters. The lowest BCUT2D eigenvalue weighted by molar-refractivity contribution is 0.102. The number of aromatic amines is 1. The third-order valence-electron chi connectivity index (χ3n) is 4.67. The second-order valence-corrected chi connectivity index (χ2v) is 7.27. The van der Waals surface area contributed by atoms with Gasteiger partial charge in [-0.05, 0) is 30.7 Å². The summed E-state index contributed by atoms with van der Waals surface area (Å²) in [5, 5.41) is 7.52. The topological polar surface area (TPSA) is 102 Å². The molecule has 2 aromatic carbocycles. The lowest BCUT2D eigenvalue weighted by Gasteiger charge is -2.10. The van der Waals surface area contributed by atoms with Crippen molar-refractivity contribution in [2.24, 2.45) is 0 Å². The molecule has 2 aromatic heterocycles. The molecule has 0 bridgehead atoms. The van der Waals surface area contributed by atoms with Crippen LogP contribution >= 0.6 is 11.6 Å². The van der Waals surface area contributed by atoms with E-state index in [2.05, 4.69) is 15.4 Å². The Kier molecular flexibility index (Phi) is 5.55. The maximum Gasteiger partial charge on any atom is 0.328 e. The third kappa shape index (κ3) is 4.19. The summed E-state index contributed by atoms with van der Waals surface area (Å²) in [5.41, 5.74) is 0.479. The first-order valence-corrected chi connectivity index (χ1v) is 9.81. The number of carbonyl (C=O) groups excluding carboxylic acids is 1. The van der Waals surface area contributed by atoms with Gasteiger partial charge in [0.15, 0.2) is 0 Å². The zero-order valence-corrected chi connectivity index (χ0v) is 17.3. The van der Waals surface area contributed by atoms with Crippen molar-refractivity contribution in [3.05, 3.63) is 110 Å². The van der Waals surface area contributed by atoms with Crippen LogP contribution < -0.4 is 16.6 Å². The van der Waals surface area contributed by atoms with Gasteiger partial charge < -0.3 is 10.3 Å². The summed E-state index contributed by atoms with van der Waals surface area (Å²) in [5.74, 6) is -0.261. The van der Waals surface area contributed by atoms with Gasteiger partial charge >= 0.3 is 5.69 Å². The van der Waals surface area contributed by atoms with Gasteiger partial charge in [0, 0.05) is 17.3 Å². The largest absolute Gasteiger partial charge is 0.328 e. The molecule has 31 heavy (non-hydrogen) atoms. The van der Waals surface area contributed by atoms with Gasteiger partial charge in [0.05, 0.1) is 17.9 Å². The van der Waals surface area contributed by atoms with Crippen molar-refractivity contribution >= 4 is 23.3 Å². The van der Waals surface area contributed by atoms with E-state index in [1.807, 2.05) is 30.3 Å². The molecule has 0 radical (unpaired) electrons. The Morgan fingerprint density at radius 1 is 1.10 bits per heavy atom. The van der Waals surface area contributed by atoms with Crippen LogP contribution in [0.15, 0.2) is 76.4 Å². The average molecular weight is 436 g/mol. The number of carbonyl (C=O) groups is 1. The van der Waals surface area contributed by atoms with Crippen molar-refractivity contribution in [2.75, 3.05) is 5.32 Å². The molecule has 0 aliphatic carbocycles. The lowest BCUT2D eigenvalue weighted by Crippen LogP contribution is -2.39. The number of halogens is 1. The summed E-state index contributed by atoms with van der Waals surface area (Å²) in [6, 6.07) is 17.9. The van der Waals surface area contributed by atoms with E-state index >= 15 is 0 Å². The van der Waals surface area contributed by atoms with Crippen molar-refractivity contribution in [2.45, 2.75) is 13.5 Å². The maximum absolute atomic E-state index is 12.9. The number of benzene rings is 2. The number of aryl methyl sites for hydroxylation is 1. The highest BCUT2D eigenvalue weighted by molar-refractivity contribution is 6.31. The van der Waals surface area contributed by atoms with Crippen LogP contribution in [0.5, 0.6) is 0 Å². The average Bonchev–Trinajstić information content (AvgIpc) is 3.13. The number of rotatable bonds is 5. The Morgan fingerprint density at radius 3 is 2.55 bits per heavy atom. The van der Waals surface area contributed by atoms with Crippen LogP contribution in [0.4, 0.5) is 5.82 Å². The lowest BCUT2D eigenvalue weighted by atomic mass is 10.2. The summed E-state index contributed by atoms with van der Waals surface area (Å²) in [4.78, 5) is 40.5. The minimum absolute atomic E-state index is 0.0595. The smallest absolute Gasteiger partial charge is 0.313 e. The molecule has 4 rings (SSSR count). The SMILES string of the molecule is Cc1cc(NC(=O)c2c[nH]c(=O)n(Cc3ccccc3Cl)c2=O)n(-c2ccccc2)n1. The zero-order valence-electron chi connectivity index (χ0n) is 16.5. The highest BCUT2D eigenvalue weighted by Gasteiger charge is 2.18. The highest BCUT2D eigenvalue weighted by atomic mass is 35.5. The summed E-state index contributed by atoms with van der Waals surface area (Å²) < 4.78 is 2.51. The van der Waals surface area contributed by atoms with Crippen LogP contribution in [0.3, 0.4) is 0 Å². The summed E-state index contributed by atoms with van der Waals surface area (Å²) in [6.45, 7) is 1.74. The van der Waals surface area contributed by atoms with E-state index in [1.54, 1.807) is 41.9 Å². The number of nitrogens with zero attached hydrogens (tertiary/aromatic N) is 3. The van der Waals surface area contributed by atoms with Crippen LogP contribution in [0.1, 0.15) is 21.6 Å². The Labute approximate surface area is 181 Å². The summed E-state index contributed by atoms with van der Waals surface area (Å²) in [7, 11) is 0. The van der Waals surface area contributed by atoms with Crippen molar-refractivity contribution < 1.29 is 4.79 Å². The first-order chi connectivity index (χ1) is 14.9. The van der Waals surface area contributed by atoms with E-state index in [4.69, 9.17) is 11.6 Å². The number of amides is 1. The molecular weight excluding hydrogens is 418 g/mol. The van der Waals surface area contributed by atoms with Crippen molar-refractivity contribution in [1.82, 2.24) is 19.3 Å². The minimum Gasteiger partial charge on any atom is -0.313 e. The molecular formula is C22H18ClN5O3. The fourth-order valence-electron chi connectivity index (χ4n) is 3.15. The second kappa shape index (κ2) is 8.45. The fourth-order valence-corrected chi connectivity index (χ4v) is 3.35. The number of hydrogen-bond acceptors (Lipinski definition) is 4. The van der Waals surface area contributed by atoms with Crippen LogP contribution in [0, 0.1) is 6.92 Å². The normalized spacial score (nSPS) is 10.8. The highest BCUT2D eigenvalue weighted by Crippen LogP contribution is 2.18. The molecule has 156 valence electrons. The van der Waals surface area contributed by atoms with Gasteiger partial charge in [-0.2, -0.15) is 5.10 Å². The molecule has 0 saturated carbocycles. The van der Waals surface area contributed by atoms with Gasteiger partial charge in [0.2, 0.25) is 0 Å². The molecule has 2 N–H and O–H groups in total. The standard InChI is InChI=1S/C22H18ClN5O3/c1-14-11-19(28(26-14)16-8-3-2-4-9-16)25-20(29)17-12-24-22(31)27(21(17)30)13-15-7-5-6-10-18(15)23/h2-12H,13H2,1H3,(H,24,31)(H,25,29). The first kappa shape index (κ1) is 20.4. The fraction of sp³-hybridized carbons (Fsp3) is 0.0909. The van der Waals surface area contributed by atoms with Crippen molar-refractivity contribution in [1.29, 1.82) is 0 Å². The summed E-state index contributed by atoms with van der Waals surface area (Å²) in [6.07, 6.45) is 1.11. The molecule has 0 aliphatic heterocycles. The molecule has 1 amide bonds. The number of anilines is 1. The first-order valence-electron chi connectivity index (χ1n) is 9.43. The number of para-hydroxylation sites is 1. The molecule has 4 aromatic rings. The molecule has 2 heterocycles. The van der Waals surface area contributed by atoms with Gasteiger partial charge in [0.25, 0.3) is 11.5 Å². The van der Waals surface area contributed by atoms with Crippen molar-refractivity contribution in [3.8, 4) is 5.69 Å². The quantitative estimate of drug-likeness (QED) is 0.503. The Hall–Kier alpha value is -3.91. The van der Waals surface area contributed by atoms with Crippen molar-refractivity contribution in [3.63, 3.8) is 0 Å². The van der Waals surface area contributed by atoms with E-state index in [9.17, 15) is 14.4 Å². The van der Waals surface area contributed by atoms with E-state index in [1.165, 1.54) is 0 Å². The predicted octanol–water partition coefficient (Wildman–Crippen LogP) is 2.98. The van der Waals surface area contributed by atoms with Gasteiger partial charge in [-0.3, -0.25) is 14.2 Å². The van der Waals surface area contributed by atoms with E-state index in [0.717, 1.165) is 16.5 Å². The maximum atomic E-state index is 12.9. The Bertz CT molecular complexity index is 1370.